The van der Waals surface area contributed by atoms with Crippen molar-refractivity contribution in [1.82, 2.24) is 10.2 Å². The van der Waals surface area contributed by atoms with Gasteiger partial charge in [-0.15, -0.1) is 0 Å². The Bertz CT molecular complexity index is 1460. The molecule has 1 atom stereocenters. The Kier molecular flexibility index (Phi) is 12.1. The summed E-state index contributed by atoms with van der Waals surface area (Å²) in [6.45, 7) is 5.69. The molecular weight excluding hydrogens is 597 g/mol. The number of hydrogen-bond donors (Lipinski definition) is 1. The summed E-state index contributed by atoms with van der Waals surface area (Å²) in [5.74, 6) is -0.198. The Morgan fingerprint density at radius 1 is 0.952 bits per heavy atom. The molecule has 11 heteroatoms. The number of anilines is 1. The number of sulfonamides is 1. The summed E-state index contributed by atoms with van der Waals surface area (Å²) in [6, 6.07) is 17.1. The summed E-state index contributed by atoms with van der Waals surface area (Å²) in [7, 11) is -2.65. The van der Waals surface area contributed by atoms with E-state index < -0.39 is 28.5 Å². The van der Waals surface area contributed by atoms with Gasteiger partial charge in [0.05, 0.1) is 27.7 Å². The van der Waals surface area contributed by atoms with Gasteiger partial charge < -0.3 is 15.0 Å². The van der Waals surface area contributed by atoms with Gasteiger partial charge in [-0.2, -0.15) is 0 Å². The van der Waals surface area contributed by atoms with Gasteiger partial charge in [0.15, 0.2) is 0 Å². The quantitative estimate of drug-likeness (QED) is 0.212. The molecule has 0 aliphatic heterocycles. The van der Waals surface area contributed by atoms with Crippen molar-refractivity contribution in [3.8, 4) is 5.75 Å². The van der Waals surface area contributed by atoms with Crippen LogP contribution < -0.4 is 14.4 Å². The summed E-state index contributed by atoms with van der Waals surface area (Å²) < 4.78 is 34.2. The van der Waals surface area contributed by atoms with E-state index in [1.54, 1.807) is 43.5 Å². The lowest BCUT2D eigenvalue weighted by molar-refractivity contribution is -0.140. The first kappa shape index (κ1) is 33.2. The van der Waals surface area contributed by atoms with Crippen LogP contribution >= 0.6 is 23.2 Å². The molecule has 2 amide bonds. The smallest absolute Gasteiger partial charge is 0.264 e. The van der Waals surface area contributed by atoms with Gasteiger partial charge in [-0.05, 0) is 67.8 Å². The highest BCUT2D eigenvalue weighted by Gasteiger charge is 2.33. The SMILES string of the molecule is CCCCNC(=O)C(CC)N(Cc1ccc(OC)cc1)C(=O)CN(c1ccc(Cl)c(Cl)c1)S(=O)(=O)c1ccc(C)cc1. The Labute approximate surface area is 258 Å². The maximum Gasteiger partial charge on any atom is 0.264 e. The molecular formula is C31H37Cl2N3O5S. The molecule has 3 rings (SSSR count). The summed E-state index contributed by atoms with van der Waals surface area (Å²) >= 11 is 12.4. The molecule has 8 nitrogen and oxygen atoms in total. The number of nitrogens with zero attached hydrogens (tertiary/aromatic N) is 2. The molecule has 3 aromatic carbocycles. The largest absolute Gasteiger partial charge is 0.497 e. The number of methoxy groups -OCH3 is 1. The first-order valence-electron chi connectivity index (χ1n) is 13.8. The third-order valence-electron chi connectivity index (χ3n) is 6.81. The number of carbonyl (C=O) groups excluding carboxylic acids is 2. The molecule has 0 saturated heterocycles. The van der Waals surface area contributed by atoms with Crippen molar-refractivity contribution >= 4 is 50.7 Å². The number of carbonyl (C=O) groups is 2. The van der Waals surface area contributed by atoms with E-state index in [0.29, 0.717) is 18.7 Å². The van der Waals surface area contributed by atoms with Crippen molar-refractivity contribution < 1.29 is 22.7 Å². The van der Waals surface area contributed by atoms with E-state index in [1.165, 1.54) is 35.2 Å². The van der Waals surface area contributed by atoms with E-state index in [2.05, 4.69) is 5.32 Å². The highest BCUT2D eigenvalue weighted by molar-refractivity contribution is 7.92. The maximum absolute atomic E-state index is 14.1. The Hall–Kier alpha value is -3.27. The van der Waals surface area contributed by atoms with E-state index in [0.717, 1.165) is 28.3 Å². The van der Waals surface area contributed by atoms with Crippen LogP contribution in [0, 0.1) is 6.92 Å². The van der Waals surface area contributed by atoms with Crippen LogP contribution in [0.3, 0.4) is 0 Å². The van der Waals surface area contributed by atoms with E-state index in [9.17, 15) is 18.0 Å². The standard InChI is InChI=1S/C31H37Cl2N3O5S/c1-5-7-18-34-31(38)29(6-2)35(20-23-10-13-25(41-4)14-11-23)30(37)21-36(24-12-17-27(32)28(33)19-24)42(39,40)26-15-8-22(3)9-16-26/h8-17,19,29H,5-7,18,20-21H2,1-4H3,(H,34,38). The normalized spacial score (nSPS) is 12.0. The summed E-state index contributed by atoms with van der Waals surface area (Å²) in [5.41, 5.74) is 1.81. The molecule has 226 valence electrons. The lowest BCUT2D eigenvalue weighted by Gasteiger charge is -2.33. The molecule has 0 aliphatic carbocycles. The zero-order valence-corrected chi connectivity index (χ0v) is 26.6. The van der Waals surface area contributed by atoms with Crippen LogP contribution in [0.2, 0.25) is 10.0 Å². The highest BCUT2D eigenvalue weighted by Crippen LogP contribution is 2.31. The molecule has 3 aromatic rings. The monoisotopic (exact) mass is 633 g/mol. The van der Waals surface area contributed by atoms with E-state index in [-0.39, 0.29) is 33.1 Å². The number of nitrogens with one attached hydrogen (secondary N) is 1. The van der Waals surface area contributed by atoms with Crippen LogP contribution in [-0.2, 0) is 26.2 Å². The third-order valence-corrected chi connectivity index (χ3v) is 9.33. The lowest BCUT2D eigenvalue weighted by atomic mass is 10.1. The first-order valence-corrected chi connectivity index (χ1v) is 16.0. The molecule has 1 unspecified atom stereocenters. The fourth-order valence-corrected chi connectivity index (χ4v) is 6.06. The average molecular weight is 635 g/mol. The number of rotatable bonds is 14. The second-order valence-electron chi connectivity index (χ2n) is 9.86. The van der Waals surface area contributed by atoms with E-state index in [1.807, 2.05) is 20.8 Å². The second kappa shape index (κ2) is 15.3. The van der Waals surface area contributed by atoms with E-state index >= 15 is 0 Å². The first-order chi connectivity index (χ1) is 20.0. The van der Waals surface area contributed by atoms with Crippen LogP contribution in [0.15, 0.2) is 71.6 Å². The molecule has 0 radical (unpaired) electrons. The van der Waals surface area contributed by atoms with Gasteiger partial charge in [0.1, 0.15) is 18.3 Å². The number of aryl methyl sites for hydroxylation is 1. The topological polar surface area (TPSA) is 96.0 Å². The van der Waals surface area contributed by atoms with Crippen LogP contribution in [0.4, 0.5) is 5.69 Å². The maximum atomic E-state index is 14.1. The summed E-state index contributed by atoms with van der Waals surface area (Å²) in [6.07, 6.45) is 2.03. The predicted octanol–water partition coefficient (Wildman–Crippen LogP) is 6.23. The Morgan fingerprint density at radius 2 is 1.62 bits per heavy atom. The number of benzene rings is 3. The number of unbranched alkanes of at least 4 members (excludes halogenated alkanes) is 1. The van der Waals surface area contributed by atoms with E-state index in [4.69, 9.17) is 27.9 Å². The van der Waals surface area contributed by atoms with Crippen molar-refractivity contribution in [2.75, 3.05) is 24.5 Å². The number of halogens is 2. The number of hydrogen-bond acceptors (Lipinski definition) is 5. The highest BCUT2D eigenvalue weighted by atomic mass is 35.5. The van der Waals surface area contributed by atoms with Gasteiger partial charge in [-0.1, -0.05) is 73.3 Å². The van der Waals surface area contributed by atoms with Crippen molar-refractivity contribution in [2.45, 2.75) is 57.5 Å². The summed E-state index contributed by atoms with van der Waals surface area (Å²) in [4.78, 5) is 28.9. The molecule has 0 spiro atoms. The Balaban J connectivity index is 2.05. The molecule has 0 aromatic heterocycles. The van der Waals surface area contributed by atoms with Crippen molar-refractivity contribution in [1.29, 1.82) is 0 Å². The van der Waals surface area contributed by atoms with Crippen LogP contribution in [0.1, 0.15) is 44.2 Å². The van der Waals surface area contributed by atoms with Gasteiger partial charge in [0, 0.05) is 13.1 Å². The fourth-order valence-electron chi connectivity index (χ4n) is 4.36. The van der Waals surface area contributed by atoms with Crippen molar-refractivity contribution in [3.63, 3.8) is 0 Å². The number of amides is 2. The molecule has 0 aliphatic rings. The van der Waals surface area contributed by atoms with Crippen LogP contribution in [0.5, 0.6) is 5.75 Å². The molecule has 0 fully saturated rings. The van der Waals surface area contributed by atoms with Crippen molar-refractivity contribution in [3.05, 3.63) is 87.9 Å². The van der Waals surface area contributed by atoms with Gasteiger partial charge in [0.25, 0.3) is 10.0 Å². The molecule has 0 heterocycles. The molecule has 0 bridgehead atoms. The molecule has 0 saturated carbocycles. The van der Waals surface area contributed by atoms with Gasteiger partial charge in [0.2, 0.25) is 11.8 Å². The zero-order valence-electron chi connectivity index (χ0n) is 24.3. The fraction of sp³-hybridized carbons (Fsp3) is 0.355. The van der Waals surface area contributed by atoms with Gasteiger partial charge in [-0.3, -0.25) is 13.9 Å². The third kappa shape index (κ3) is 8.40. The Morgan fingerprint density at radius 3 is 2.19 bits per heavy atom. The average Bonchev–Trinajstić information content (AvgIpc) is 2.97. The van der Waals surface area contributed by atoms with Gasteiger partial charge in [-0.25, -0.2) is 8.42 Å². The zero-order chi connectivity index (χ0) is 30.9. The molecule has 42 heavy (non-hydrogen) atoms. The van der Waals surface area contributed by atoms with Crippen LogP contribution in [-0.4, -0.2) is 51.4 Å². The second-order valence-corrected chi connectivity index (χ2v) is 12.5. The predicted molar refractivity (Wildman–Crippen MR) is 168 cm³/mol. The minimum absolute atomic E-state index is 0.0121. The van der Waals surface area contributed by atoms with Crippen molar-refractivity contribution in [2.24, 2.45) is 0 Å². The van der Waals surface area contributed by atoms with Gasteiger partial charge >= 0.3 is 0 Å². The van der Waals surface area contributed by atoms with Crippen LogP contribution in [0.25, 0.3) is 0 Å². The number of ether oxygens (including phenoxy) is 1. The lowest BCUT2D eigenvalue weighted by Crippen LogP contribution is -2.52. The minimum Gasteiger partial charge on any atom is -0.497 e. The minimum atomic E-state index is -4.21. The molecule has 1 N–H and O–H groups in total. The summed E-state index contributed by atoms with van der Waals surface area (Å²) in [5, 5.41) is 3.30.